The predicted molar refractivity (Wildman–Crippen MR) is 91.7 cm³/mol. The van der Waals surface area contributed by atoms with Crippen LogP contribution in [0.2, 0.25) is 0 Å². The van der Waals surface area contributed by atoms with Crippen molar-refractivity contribution in [1.82, 2.24) is 10.9 Å². The first-order chi connectivity index (χ1) is 11.2. The number of amides is 2. The van der Waals surface area contributed by atoms with Crippen molar-refractivity contribution in [3.8, 4) is 0 Å². The van der Waals surface area contributed by atoms with Crippen LogP contribution in [0.25, 0.3) is 0 Å². The molecular weight excluding hydrogens is 328 g/mol. The summed E-state index contributed by atoms with van der Waals surface area (Å²) in [4.78, 5) is 35.2. The van der Waals surface area contributed by atoms with E-state index in [4.69, 9.17) is 5.11 Å². The van der Waals surface area contributed by atoms with Crippen LogP contribution in [0, 0.1) is 11.3 Å². The van der Waals surface area contributed by atoms with Crippen molar-refractivity contribution in [2.75, 3.05) is 0 Å². The van der Waals surface area contributed by atoms with Crippen LogP contribution < -0.4 is 10.9 Å². The van der Waals surface area contributed by atoms with Crippen LogP contribution in [0.15, 0.2) is 17.5 Å². The van der Waals surface area contributed by atoms with Crippen molar-refractivity contribution in [2.24, 2.45) is 11.3 Å². The topological polar surface area (TPSA) is 95.5 Å². The molecule has 0 bridgehead atoms. The minimum Gasteiger partial charge on any atom is -0.478 e. The second kappa shape index (κ2) is 7.17. The van der Waals surface area contributed by atoms with E-state index in [1.807, 2.05) is 5.38 Å². The molecule has 1 atom stereocenters. The molecule has 1 aliphatic rings. The van der Waals surface area contributed by atoms with E-state index in [9.17, 15) is 14.4 Å². The fourth-order valence-corrected chi connectivity index (χ4v) is 3.98. The predicted octanol–water partition coefficient (Wildman–Crippen LogP) is 2.30. The Morgan fingerprint density at radius 1 is 1.25 bits per heavy atom. The second-order valence-electron chi connectivity index (χ2n) is 6.97. The zero-order valence-corrected chi connectivity index (χ0v) is 14.8. The number of hydrogen-bond donors (Lipinski definition) is 3. The van der Waals surface area contributed by atoms with Gasteiger partial charge in [0.15, 0.2) is 0 Å². The van der Waals surface area contributed by atoms with Crippen molar-refractivity contribution in [1.29, 1.82) is 0 Å². The molecule has 6 nitrogen and oxygen atoms in total. The van der Waals surface area contributed by atoms with Gasteiger partial charge in [-0.05, 0) is 36.2 Å². The van der Waals surface area contributed by atoms with Crippen molar-refractivity contribution < 1.29 is 19.5 Å². The maximum atomic E-state index is 12.2. The third-order valence-electron chi connectivity index (χ3n) is 4.30. The fraction of sp³-hybridized carbons (Fsp3) is 0.471. The SMILES string of the molecule is CC(C)(C)[C@H]1CCc2c(C(=O)NNC(=O)/C=C\C(=O)O)csc2C1. The Bertz CT molecular complexity index is 685. The highest BCUT2D eigenvalue weighted by atomic mass is 32.1. The summed E-state index contributed by atoms with van der Waals surface area (Å²) in [6.07, 6.45) is 4.43. The number of thiophene rings is 1. The summed E-state index contributed by atoms with van der Waals surface area (Å²) in [6, 6.07) is 0. The Kier molecular flexibility index (Phi) is 5.43. The molecule has 0 unspecified atom stereocenters. The van der Waals surface area contributed by atoms with Gasteiger partial charge in [0.1, 0.15) is 0 Å². The van der Waals surface area contributed by atoms with Crippen molar-refractivity contribution in [3.05, 3.63) is 33.5 Å². The number of fused-ring (bicyclic) bond motifs is 1. The van der Waals surface area contributed by atoms with Crippen molar-refractivity contribution in [2.45, 2.75) is 40.0 Å². The van der Waals surface area contributed by atoms with E-state index in [0.717, 1.165) is 30.9 Å². The molecule has 0 aromatic carbocycles. The number of carbonyl (C=O) groups excluding carboxylic acids is 2. The lowest BCUT2D eigenvalue weighted by molar-refractivity contribution is -0.131. The maximum Gasteiger partial charge on any atom is 0.328 e. The summed E-state index contributed by atoms with van der Waals surface area (Å²) < 4.78 is 0. The standard InChI is InChI=1S/C17H22N2O4S/c1-17(2,3)10-4-5-11-12(9-24-13(11)8-10)16(23)19-18-14(20)6-7-15(21)22/h6-7,9-10H,4-5,8H2,1-3H3,(H,18,20)(H,19,23)(H,21,22)/b7-6-/t10-/m0/s1. The molecule has 0 spiro atoms. The monoisotopic (exact) mass is 350 g/mol. The van der Waals surface area contributed by atoms with Gasteiger partial charge in [0.05, 0.1) is 5.56 Å². The van der Waals surface area contributed by atoms with Crippen LogP contribution in [0.4, 0.5) is 0 Å². The van der Waals surface area contributed by atoms with Gasteiger partial charge in [-0.15, -0.1) is 11.3 Å². The van der Waals surface area contributed by atoms with E-state index in [0.29, 0.717) is 17.6 Å². The smallest absolute Gasteiger partial charge is 0.328 e. The van der Waals surface area contributed by atoms with Gasteiger partial charge in [-0.1, -0.05) is 20.8 Å². The Labute approximate surface area is 144 Å². The average molecular weight is 350 g/mol. The summed E-state index contributed by atoms with van der Waals surface area (Å²) in [5.41, 5.74) is 6.40. The summed E-state index contributed by atoms with van der Waals surface area (Å²) in [5, 5.41) is 10.3. The zero-order valence-electron chi connectivity index (χ0n) is 14.0. The van der Waals surface area contributed by atoms with Gasteiger partial charge in [-0.2, -0.15) is 0 Å². The number of carbonyl (C=O) groups is 3. The van der Waals surface area contributed by atoms with Gasteiger partial charge < -0.3 is 5.11 Å². The highest BCUT2D eigenvalue weighted by Crippen LogP contribution is 2.40. The molecule has 1 heterocycles. The Morgan fingerprint density at radius 2 is 1.96 bits per heavy atom. The lowest BCUT2D eigenvalue weighted by Crippen LogP contribution is -2.41. The van der Waals surface area contributed by atoms with Crippen molar-refractivity contribution >= 4 is 29.1 Å². The van der Waals surface area contributed by atoms with Gasteiger partial charge in [0.2, 0.25) is 0 Å². The number of carboxylic acid groups (broad SMARTS) is 1. The average Bonchev–Trinajstić information content (AvgIpc) is 2.92. The van der Waals surface area contributed by atoms with Crippen LogP contribution in [-0.2, 0) is 22.4 Å². The van der Waals surface area contributed by atoms with E-state index >= 15 is 0 Å². The van der Waals surface area contributed by atoms with Gasteiger partial charge in [-0.25, -0.2) is 4.79 Å². The molecule has 0 saturated carbocycles. The summed E-state index contributed by atoms with van der Waals surface area (Å²) >= 11 is 1.58. The number of aliphatic carboxylic acids is 1. The highest BCUT2D eigenvalue weighted by molar-refractivity contribution is 7.10. The molecule has 3 N–H and O–H groups in total. The molecular formula is C17H22N2O4S. The molecule has 0 fully saturated rings. The summed E-state index contributed by atoms with van der Waals surface area (Å²) in [6.45, 7) is 6.72. The minimum atomic E-state index is -1.23. The molecule has 0 radical (unpaired) electrons. The first-order valence-electron chi connectivity index (χ1n) is 7.79. The zero-order chi connectivity index (χ0) is 17.9. The summed E-state index contributed by atoms with van der Waals surface area (Å²) in [7, 11) is 0. The third-order valence-corrected chi connectivity index (χ3v) is 5.35. The number of hydrogen-bond acceptors (Lipinski definition) is 4. The normalized spacial score (nSPS) is 17.4. The molecule has 1 aromatic heterocycles. The minimum absolute atomic E-state index is 0.245. The van der Waals surface area contributed by atoms with Gasteiger partial charge >= 0.3 is 5.97 Å². The molecule has 1 aromatic rings. The van der Waals surface area contributed by atoms with E-state index in [1.165, 1.54) is 4.88 Å². The molecule has 1 aliphatic carbocycles. The molecule has 0 aliphatic heterocycles. The number of carboxylic acids is 1. The van der Waals surface area contributed by atoms with E-state index < -0.39 is 11.9 Å². The molecule has 7 heteroatoms. The molecule has 0 saturated heterocycles. The lowest BCUT2D eigenvalue weighted by atomic mass is 9.72. The van der Waals surface area contributed by atoms with Gasteiger partial charge in [0.25, 0.3) is 11.8 Å². The largest absolute Gasteiger partial charge is 0.478 e. The Balaban J connectivity index is 1.99. The lowest BCUT2D eigenvalue weighted by Gasteiger charge is -2.34. The van der Waals surface area contributed by atoms with Gasteiger partial charge in [-0.3, -0.25) is 20.4 Å². The molecule has 130 valence electrons. The van der Waals surface area contributed by atoms with Crippen LogP contribution in [0.3, 0.4) is 0 Å². The molecule has 24 heavy (non-hydrogen) atoms. The third kappa shape index (κ3) is 4.44. The quantitative estimate of drug-likeness (QED) is 0.576. The van der Waals surface area contributed by atoms with Crippen LogP contribution >= 0.6 is 11.3 Å². The van der Waals surface area contributed by atoms with Gasteiger partial charge in [0, 0.05) is 22.4 Å². The number of nitrogens with one attached hydrogen (secondary N) is 2. The first kappa shape index (κ1) is 18.2. The second-order valence-corrected chi connectivity index (χ2v) is 7.94. The van der Waals surface area contributed by atoms with E-state index in [2.05, 4.69) is 31.6 Å². The Hall–Kier alpha value is -2.15. The van der Waals surface area contributed by atoms with Crippen LogP contribution in [0.5, 0.6) is 0 Å². The van der Waals surface area contributed by atoms with E-state index in [-0.39, 0.29) is 11.3 Å². The fourth-order valence-electron chi connectivity index (χ4n) is 2.82. The maximum absolute atomic E-state index is 12.2. The van der Waals surface area contributed by atoms with E-state index in [1.54, 1.807) is 11.3 Å². The highest BCUT2D eigenvalue weighted by Gasteiger charge is 2.31. The molecule has 2 amide bonds. The summed E-state index contributed by atoms with van der Waals surface area (Å²) in [5.74, 6) is -1.70. The number of rotatable bonds is 3. The van der Waals surface area contributed by atoms with Crippen LogP contribution in [-0.4, -0.2) is 22.9 Å². The first-order valence-corrected chi connectivity index (χ1v) is 8.67. The van der Waals surface area contributed by atoms with Crippen LogP contribution in [0.1, 0.15) is 48.0 Å². The van der Waals surface area contributed by atoms with Crippen molar-refractivity contribution in [3.63, 3.8) is 0 Å². The molecule has 2 rings (SSSR count). The number of hydrazine groups is 1. The Morgan fingerprint density at radius 3 is 2.58 bits per heavy atom.